The highest BCUT2D eigenvalue weighted by molar-refractivity contribution is 6.45. The molecule has 9 nitrogen and oxygen atoms in total. The number of benzene rings is 3. The number of ether oxygens (including phenoxy) is 4. The monoisotopic (exact) mass is 591 g/mol. The van der Waals surface area contributed by atoms with Crippen LogP contribution in [-0.2, 0) is 22.8 Å². The van der Waals surface area contributed by atoms with E-state index < -0.39 is 11.7 Å². The van der Waals surface area contributed by atoms with Gasteiger partial charge in [-0.2, -0.15) is 0 Å². The molecule has 0 aromatic heterocycles. The Bertz CT molecular complexity index is 1410. The third-order valence-electron chi connectivity index (χ3n) is 8.28. The van der Waals surface area contributed by atoms with Crippen LogP contribution in [0.2, 0.25) is 0 Å². The molecule has 43 heavy (non-hydrogen) atoms. The lowest BCUT2D eigenvalue weighted by molar-refractivity contribution is -0.116. The largest absolute Gasteiger partial charge is 0.497 e. The third-order valence-corrected chi connectivity index (χ3v) is 8.28. The van der Waals surface area contributed by atoms with Crippen LogP contribution in [0.5, 0.6) is 23.0 Å². The summed E-state index contributed by atoms with van der Waals surface area (Å²) in [5.41, 5.74) is 1.92. The zero-order valence-corrected chi connectivity index (χ0v) is 24.9. The first-order chi connectivity index (χ1) is 20.9. The molecule has 3 aliphatic rings. The molecule has 0 unspecified atom stereocenters. The number of methoxy groups -OCH3 is 2. The maximum absolute atomic E-state index is 15.7. The molecular weight excluding hydrogens is 553 g/mol. The smallest absolute Gasteiger partial charge is 0.273 e. The summed E-state index contributed by atoms with van der Waals surface area (Å²) >= 11 is 0. The number of carbonyl (C=O) groups is 1. The lowest BCUT2D eigenvalue weighted by Gasteiger charge is -2.48. The summed E-state index contributed by atoms with van der Waals surface area (Å²) in [5, 5.41) is 7.03. The summed E-state index contributed by atoms with van der Waals surface area (Å²) in [7, 11) is 4.54. The molecule has 228 valence electrons. The molecule has 3 heterocycles. The molecule has 3 aromatic rings. The fourth-order valence-electron chi connectivity index (χ4n) is 5.54. The van der Waals surface area contributed by atoms with Gasteiger partial charge in [-0.15, -0.1) is 0 Å². The van der Waals surface area contributed by atoms with Crippen LogP contribution in [0.3, 0.4) is 0 Å². The van der Waals surface area contributed by atoms with Crippen LogP contribution in [0.1, 0.15) is 36.0 Å². The van der Waals surface area contributed by atoms with Gasteiger partial charge in [0.1, 0.15) is 31.8 Å². The first-order valence-electron chi connectivity index (χ1n) is 14.4. The van der Waals surface area contributed by atoms with E-state index in [0.29, 0.717) is 18.0 Å². The Morgan fingerprint density at radius 2 is 1.42 bits per heavy atom. The highest BCUT2D eigenvalue weighted by Gasteiger charge is 2.39. The van der Waals surface area contributed by atoms with Gasteiger partial charge < -0.3 is 34.0 Å². The van der Waals surface area contributed by atoms with Crippen molar-refractivity contribution in [2.45, 2.75) is 32.5 Å². The minimum atomic E-state index is -0.689. The molecule has 3 aromatic carbocycles. The number of rotatable bonds is 13. The average molecular weight is 592 g/mol. The number of hydrogen-bond acceptors (Lipinski definition) is 8. The molecule has 10 heteroatoms. The van der Waals surface area contributed by atoms with Gasteiger partial charge >= 0.3 is 0 Å². The van der Waals surface area contributed by atoms with E-state index in [-0.39, 0.29) is 41.4 Å². The van der Waals surface area contributed by atoms with Gasteiger partial charge in [0.2, 0.25) is 0 Å². The lowest BCUT2D eigenvalue weighted by Crippen LogP contribution is -2.53. The Balaban J connectivity index is 1.38. The number of nitrogens with one attached hydrogen (secondary N) is 1. The van der Waals surface area contributed by atoms with E-state index >= 15 is 4.39 Å². The molecule has 0 saturated carbocycles. The lowest BCUT2D eigenvalue weighted by atomic mass is 9.72. The predicted molar refractivity (Wildman–Crippen MR) is 160 cm³/mol. The van der Waals surface area contributed by atoms with E-state index in [9.17, 15) is 4.79 Å². The minimum absolute atomic E-state index is 0.0398. The zero-order chi connectivity index (χ0) is 30.2. The molecule has 3 saturated heterocycles. The number of halogens is 1. The number of amides is 1. The summed E-state index contributed by atoms with van der Waals surface area (Å²) in [6.45, 7) is 3.91. The Kier molecular flexibility index (Phi) is 9.66. The normalized spacial score (nSPS) is 19.4. The molecular formula is C33H38FN3O6. The van der Waals surface area contributed by atoms with Crippen molar-refractivity contribution >= 4 is 11.6 Å². The molecule has 0 aliphatic carbocycles. The van der Waals surface area contributed by atoms with Gasteiger partial charge in [-0.05, 0) is 91.8 Å². The van der Waals surface area contributed by atoms with E-state index in [0.717, 1.165) is 50.0 Å². The number of oxime groups is 1. The third kappa shape index (κ3) is 7.37. The molecule has 3 fully saturated rings. The van der Waals surface area contributed by atoms with E-state index in [1.807, 2.05) is 48.5 Å². The first-order valence-corrected chi connectivity index (χ1v) is 14.4. The van der Waals surface area contributed by atoms with Crippen molar-refractivity contribution in [2.24, 2.45) is 10.6 Å². The zero-order valence-electron chi connectivity index (χ0n) is 24.9. The summed E-state index contributed by atoms with van der Waals surface area (Å²) in [6, 6.07) is 17.4. The van der Waals surface area contributed by atoms with Crippen LogP contribution >= 0.6 is 0 Å². The molecule has 0 spiro atoms. The Morgan fingerprint density at radius 3 is 1.95 bits per heavy atom. The van der Waals surface area contributed by atoms with Crippen LogP contribution in [0.15, 0.2) is 65.8 Å². The maximum Gasteiger partial charge on any atom is 0.273 e. The van der Waals surface area contributed by atoms with E-state index in [1.165, 1.54) is 13.2 Å². The maximum atomic E-state index is 15.7. The molecule has 2 bridgehead atoms. The molecule has 0 radical (unpaired) electrons. The summed E-state index contributed by atoms with van der Waals surface area (Å²) in [5.74, 6) is 0.360. The van der Waals surface area contributed by atoms with Crippen molar-refractivity contribution in [2.75, 3.05) is 47.5 Å². The van der Waals surface area contributed by atoms with Crippen molar-refractivity contribution in [1.82, 2.24) is 10.2 Å². The first kappa shape index (κ1) is 30.2. The van der Waals surface area contributed by atoms with Crippen molar-refractivity contribution in [3.05, 3.63) is 83.2 Å². The van der Waals surface area contributed by atoms with Crippen molar-refractivity contribution in [3.63, 3.8) is 0 Å². The van der Waals surface area contributed by atoms with Crippen LogP contribution in [0, 0.1) is 11.2 Å². The van der Waals surface area contributed by atoms with Crippen LogP contribution in [0.4, 0.5) is 4.39 Å². The molecule has 6 rings (SSSR count). The highest BCUT2D eigenvalue weighted by atomic mass is 19.1. The van der Waals surface area contributed by atoms with Crippen LogP contribution in [0.25, 0.3) is 0 Å². The van der Waals surface area contributed by atoms with Gasteiger partial charge in [0.15, 0.2) is 23.0 Å². The van der Waals surface area contributed by atoms with Gasteiger partial charge in [-0.3, -0.25) is 4.79 Å². The van der Waals surface area contributed by atoms with Crippen LogP contribution < -0.4 is 24.3 Å². The van der Waals surface area contributed by atoms with E-state index in [1.54, 1.807) is 20.3 Å². The van der Waals surface area contributed by atoms with Crippen molar-refractivity contribution in [1.29, 1.82) is 0 Å². The number of fused-ring (bicyclic) bond motifs is 3. The fraction of sp³-hybridized carbons (Fsp3) is 0.394. The molecule has 1 N–H and O–H groups in total. The molecule has 3 aliphatic heterocycles. The van der Waals surface area contributed by atoms with Gasteiger partial charge in [0.25, 0.3) is 5.91 Å². The Labute approximate surface area is 251 Å². The summed E-state index contributed by atoms with van der Waals surface area (Å²) in [6.07, 6.45) is 3.13. The van der Waals surface area contributed by atoms with Crippen molar-refractivity contribution < 1.29 is 33.0 Å². The van der Waals surface area contributed by atoms with E-state index in [4.69, 9.17) is 23.8 Å². The second kappa shape index (κ2) is 13.8. The second-order valence-electron chi connectivity index (χ2n) is 11.0. The number of nitrogens with zero attached hydrogens (tertiary/aromatic N) is 2. The summed E-state index contributed by atoms with van der Waals surface area (Å²) < 4.78 is 38.2. The summed E-state index contributed by atoms with van der Waals surface area (Å²) in [4.78, 5) is 20.9. The van der Waals surface area contributed by atoms with Gasteiger partial charge in [-0.25, -0.2) is 4.39 Å². The average Bonchev–Trinajstić information content (AvgIpc) is 3.06. The fourth-order valence-corrected chi connectivity index (χ4v) is 5.54. The van der Waals surface area contributed by atoms with E-state index in [2.05, 4.69) is 15.4 Å². The second-order valence-corrected chi connectivity index (χ2v) is 11.0. The topological polar surface area (TPSA) is 90.9 Å². The molecule has 0 atom stereocenters. The quantitative estimate of drug-likeness (QED) is 0.222. The Hall–Kier alpha value is -4.31. The predicted octanol–water partition coefficient (Wildman–Crippen LogP) is 4.95. The highest BCUT2D eigenvalue weighted by Crippen LogP contribution is 2.39. The number of piperidine rings is 3. The number of hydrogen-bond donors (Lipinski definition) is 1. The molecule has 1 amide bonds. The van der Waals surface area contributed by atoms with Crippen LogP contribution in [-0.4, -0.2) is 64.0 Å². The van der Waals surface area contributed by atoms with Gasteiger partial charge in [0.05, 0.1) is 14.2 Å². The standard InChI is InChI=1S/C33H38FN3O6/c1-39-26-8-4-23(5-9-26)20-42-29-19-25(18-28(34)31(29)43-21-24-6-10-27(40-2)11-7-24)30(36-41-3)32(38)35-22-33-12-15-37(16-13-33)17-14-33/h4-11,18-19H,12-17,20-22H2,1-3H3,(H,35,38)/b36-30-. The number of carbonyl (C=O) groups excluding carboxylic acids is 1. The Morgan fingerprint density at radius 1 is 0.860 bits per heavy atom. The van der Waals surface area contributed by atoms with Gasteiger partial charge in [0, 0.05) is 12.1 Å². The SMILES string of the molecule is CO/N=C(\C(=O)NCC12CCN(CC1)CC2)c1cc(F)c(OCc2ccc(OC)cc2)c(OCc2ccc(OC)cc2)c1. The van der Waals surface area contributed by atoms with Gasteiger partial charge in [-0.1, -0.05) is 29.4 Å². The minimum Gasteiger partial charge on any atom is -0.497 e. The van der Waals surface area contributed by atoms with Crippen molar-refractivity contribution in [3.8, 4) is 23.0 Å².